The summed E-state index contributed by atoms with van der Waals surface area (Å²) >= 11 is 1.35. The Kier molecular flexibility index (Phi) is 5.57. The van der Waals surface area contributed by atoms with E-state index >= 15 is 0 Å². The molecule has 0 N–H and O–H groups in total. The molecular weight excluding hydrogens is 475 g/mol. The molecule has 1 aliphatic heterocycles. The normalized spacial score (nSPS) is 16.6. The van der Waals surface area contributed by atoms with Gasteiger partial charge < -0.3 is 9.47 Å². The van der Waals surface area contributed by atoms with Gasteiger partial charge in [0.1, 0.15) is 5.82 Å². The topological polar surface area (TPSA) is 52.8 Å². The van der Waals surface area contributed by atoms with Gasteiger partial charge in [0.2, 0.25) is 0 Å². The van der Waals surface area contributed by atoms with Gasteiger partial charge in [-0.2, -0.15) is 0 Å². The Morgan fingerprint density at radius 1 is 1.00 bits per heavy atom. The second kappa shape index (κ2) is 8.91. The minimum absolute atomic E-state index is 0.117. The molecule has 0 unspecified atom stereocenters. The molecule has 1 aromatic heterocycles. The fourth-order valence-electron chi connectivity index (χ4n) is 5.06. The molecule has 0 spiro atoms. The maximum absolute atomic E-state index is 13.8. The van der Waals surface area contributed by atoms with Crippen LogP contribution in [0.4, 0.5) is 4.39 Å². The molecule has 180 valence electrons. The second-order valence-electron chi connectivity index (χ2n) is 8.78. The van der Waals surface area contributed by atoms with Crippen LogP contribution in [0.15, 0.2) is 82.1 Å². The van der Waals surface area contributed by atoms with Crippen LogP contribution >= 0.6 is 11.3 Å². The molecule has 2 heterocycles. The second-order valence-corrected chi connectivity index (χ2v) is 9.79. The molecule has 0 saturated heterocycles. The maximum Gasteiger partial charge on any atom is 0.271 e. The Bertz CT molecular complexity index is 1700. The third-order valence-electron chi connectivity index (χ3n) is 6.76. The highest BCUT2D eigenvalue weighted by Crippen LogP contribution is 2.42. The van der Waals surface area contributed by atoms with Crippen molar-refractivity contribution in [2.75, 3.05) is 14.2 Å². The van der Waals surface area contributed by atoms with Crippen molar-refractivity contribution in [1.82, 2.24) is 4.57 Å². The molecule has 2 aliphatic rings. The number of halogens is 1. The summed E-state index contributed by atoms with van der Waals surface area (Å²) in [4.78, 5) is 19.5. The quantitative estimate of drug-likeness (QED) is 0.417. The summed E-state index contributed by atoms with van der Waals surface area (Å²) in [5.41, 5.74) is 6.00. The van der Waals surface area contributed by atoms with Crippen molar-refractivity contribution in [3.8, 4) is 11.5 Å². The minimum atomic E-state index is -0.320. The van der Waals surface area contributed by atoms with Crippen LogP contribution in [0.5, 0.6) is 11.5 Å². The standard InChI is InChI=1S/C29H23FN2O3S/c1-34-23-14-10-19(16-24(23)35-2)27-22-13-9-18-5-3-4-6-21(18)26(22)31-29-32(27)28(33)25(36-29)15-17-7-11-20(30)12-8-17/h3-8,10-12,14-16,27H,9,13H2,1-2H3/b25-15-/t27-/m1/s1. The summed E-state index contributed by atoms with van der Waals surface area (Å²) in [6.45, 7) is 0. The minimum Gasteiger partial charge on any atom is -0.493 e. The van der Waals surface area contributed by atoms with Crippen molar-refractivity contribution in [3.05, 3.63) is 120 Å². The van der Waals surface area contributed by atoms with Crippen LogP contribution < -0.4 is 24.4 Å². The first-order chi connectivity index (χ1) is 17.6. The Morgan fingerprint density at radius 3 is 2.56 bits per heavy atom. The van der Waals surface area contributed by atoms with Crippen molar-refractivity contribution in [1.29, 1.82) is 0 Å². The fraction of sp³-hybridized carbons (Fsp3) is 0.172. The van der Waals surface area contributed by atoms with Crippen LogP contribution in [-0.2, 0) is 6.42 Å². The molecule has 36 heavy (non-hydrogen) atoms. The number of methoxy groups -OCH3 is 2. The molecule has 0 amide bonds. The monoisotopic (exact) mass is 498 g/mol. The summed E-state index contributed by atoms with van der Waals surface area (Å²) in [6, 6.07) is 19.9. The number of aromatic nitrogens is 1. The van der Waals surface area contributed by atoms with E-state index in [0.717, 1.165) is 40.8 Å². The molecule has 1 aliphatic carbocycles. The number of allylic oxidation sites excluding steroid dienone is 1. The van der Waals surface area contributed by atoms with Gasteiger partial charge in [0.15, 0.2) is 16.3 Å². The highest BCUT2D eigenvalue weighted by molar-refractivity contribution is 7.07. The van der Waals surface area contributed by atoms with Crippen LogP contribution in [0, 0.1) is 5.82 Å². The molecule has 6 rings (SSSR count). The van der Waals surface area contributed by atoms with Gasteiger partial charge in [0.05, 0.1) is 30.5 Å². The average molecular weight is 499 g/mol. The van der Waals surface area contributed by atoms with Crippen LogP contribution in [-0.4, -0.2) is 18.8 Å². The van der Waals surface area contributed by atoms with Gasteiger partial charge in [0, 0.05) is 5.56 Å². The molecule has 0 saturated carbocycles. The van der Waals surface area contributed by atoms with Crippen molar-refractivity contribution in [3.63, 3.8) is 0 Å². The summed E-state index contributed by atoms with van der Waals surface area (Å²) in [5.74, 6) is 0.931. The van der Waals surface area contributed by atoms with Crippen LogP contribution in [0.3, 0.4) is 0 Å². The zero-order chi connectivity index (χ0) is 24.8. The Hall–Kier alpha value is -3.97. The Balaban J connectivity index is 1.62. The Morgan fingerprint density at radius 2 is 1.78 bits per heavy atom. The highest BCUT2D eigenvalue weighted by Gasteiger charge is 2.33. The van der Waals surface area contributed by atoms with E-state index in [9.17, 15) is 9.18 Å². The summed E-state index contributed by atoms with van der Waals surface area (Å²) in [7, 11) is 3.21. The van der Waals surface area contributed by atoms with Crippen molar-refractivity contribution in [2.45, 2.75) is 18.9 Å². The van der Waals surface area contributed by atoms with Crippen molar-refractivity contribution in [2.24, 2.45) is 4.99 Å². The Labute approximate surface area is 211 Å². The van der Waals surface area contributed by atoms with Crippen molar-refractivity contribution >= 4 is 23.1 Å². The van der Waals surface area contributed by atoms with Crippen molar-refractivity contribution < 1.29 is 13.9 Å². The van der Waals surface area contributed by atoms with E-state index in [2.05, 4.69) is 18.2 Å². The van der Waals surface area contributed by atoms with E-state index in [4.69, 9.17) is 14.5 Å². The average Bonchev–Trinajstić information content (AvgIpc) is 3.22. The first-order valence-electron chi connectivity index (χ1n) is 11.7. The van der Waals surface area contributed by atoms with Gasteiger partial charge >= 0.3 is 0 Å². The molecule has 0 fully saturated rings. The lowest BCUT2D eigenvalue weighted by atomic mass is 9.83. The summed E-state index contributed by atoms with van der Waals surface area (Å²) in [5, 5.41) is 0. The zero-order valence-corrected chi connectivity index (χ0v) is 20.6. The van der Waals surface area contributed by atoms with Crippen LogP contribution in [0.25, 0.3) is 11.8 Å². The lowest BCUT2D eigenvalue weighted by molar-refractivity contribution is 0.354. The number of aryl methyl sites for hydroxylation is 1. The first-order valence-corrected chi connectivity index (χ1v) is 12.5. The lowest BCUT2D eigenvalue weighted by Crippen LogP contribution is -2.38. The lowest BCUT2D eigenvalue weighted by Gasteiger charge is -2.31. The molecule has 1 atom stereocenters. The zero-order valence-electron chi connectivity index (χ0n) is 19.8. The van der Waals surface area contributed by atoms with E-state index in [-0.39, 0.29) is 17.4 Å². The predicted molar refractivity (Wildman–Crippen MR) is 139 cm³/mol. The molecular formula is C29H23FN2O3S. The van der Waals surface area contributed by atoms with Gasteiger partial charge in [-0.25, -0.2) is 9.38 Å². The SMILES string of the molecule is COc1ccc([C@@H]2C3=C(N=c4s/c(=C\c5ccc(F)cc5)c(=O)n42)c2ccccc2CC3)cc1OC. The molecule has 4 aromatic rings. The van der Waals surface area contributed by atoms with E-state index in [1.807, 2.05) is 24.3 Å². The molecule has 0 radical (unpaired) electrons. The number of nitrogens with zero attached hydrogens (tertiary/aromatic N) is 2. The van der Waals surface area contributed by atoms with E-state index < -0.39 is 0 Å². The largest absolute Gasteiger partial charge is 0.493 e. The van der Waals surface area contributed by atoms with Crippen LogP contribution in [0.2, 0.25) is 0 Å². The van der Waals surface area contributed by atoms with E-state index in [1.54, 1.807) is 37.0 Å². The van der Waals surface area contributed by atoms with Gasteiger partial charge in [-0.3, -0.25) is 9.36 Å². The number of benzene rings is 3. The fourth-order valence-corrected chi connectivity index (χ4v) is 6.06. The summed E-state index contributed by atoms with van der Waals surface area (Å²) in [6.07, 6.45) is 3.48. The van der Waals surface area contributed by atoms with Gasteiger partial charge in [-0.1, -0.05) is 53.8 Å². The summed E-state index contributed by atoms with van der Waals surface area (Å²) < 4.78 is 26.8. The van der Waals surface area contributed by atoms with Crippen LogP contribution in [0.1, 0.15) is 34.7 Å². The number of fused-ring (bicyclic) bond motifs is 3. The smallest absolute Gasteiger partial charge is 0.271 e. The molecule has 5 nitrogen and oxygen atoms in total. The van der Waals surface area contributed by atoms with E-state index in [1.165, 1.54) is 29.0 Å². The third-order valence-corrected chi connectivity index (χ3v) is 7.75. The molecule has 7 heteroatoms. The van der Waals surface area contributed by atoms with Gasteiger partial charge in [-0.15, -0.1) is 0 Å². The predicted octanol–water partition coefficient (Wildman–Crippen LogP) is 4.48. The number of hydrogen-bond donors (Lipinski definition) is 0. The number of rotatable bonds is 4. The molecule has 3 aromatic carbocycles. The number of ether oxygens (including phenoxy) is 2. The highest BCUT2D eigenvalue weighted by atomic mass is 32.1. The van der Waals surface area contributed by atoms with Gasteiger partial charge in [-0.05, 0) is 65.4 Å². The molecule has 0 bridgehead atoms. The number of hydrogen-bond acceptors (Lipinski definition) is 5. The maximum atomic E-state index is 13.8. The first kappa shape index (κ1) is 22.5. The number of thiazole rings is 1. The van der Waals surface area contributed by atoms with E-state index in [0.29, 0.717) is 20.8 Å². The van der Waals surface area contributed by atoms with Gasteiger partial charge in [0.25, 0.3) is 5.56 Å². The third kappa shape index (κ3) is 3.67.